The minimum Gasteiger partial charge on any atom is -0.338 e. The monoisotopic (exact) mass is 303 g/mol. The summed E-state index contributed by atoms with van der Waals surface area (Å²) in [5.74, 6) is 0.438. The number of hydrogen-bond acceptors (Lipinski definition) is 1. The van der Waals surface area contributed by atoms with E-state index in [1.54, 1.807) is 0 Å². The highest BCUT2D eigenvalue weighted by Gasteiger charge is 2.30. The number of benzene rings is 2. The summed E-state index contributed by atoms with van der Waals surface area (Å²) in [5, 5.41) is 2.42. The molecular weight excluding hydrogens is 282 g/mol. The van der Waals surface area contributed by atoms with Crippen molar-refractivity contribution in [2.45, 2.75) is 27.3 Å². The molecule has 0 bridgehead atoms. The number of hydrogen-bond donors (Lipinski definition) is 0. The zero-order valence-electron chi connectivity index (χ0n) is 12.9. The van der Waals surface area contributed by atoms with Crippen LogP contribution in [0.5, 0.6) is 0 Å². The molecule has 0 aliphatic heterocycles. The molecule has 0 atom stereocenters. The highest BCUT2D eigenvalue weighted by Crippen LogP contribution is 2.23. The van der Waals surface area contributed by atoms with Gasteiger partial charge in [0.1, 0.15) is 0 Å². The minimum absolute atomic E-state index is 0.105. The smallest absolute Gasteiger partial charge is 0.229 e. The molecule has 0 aliphatic carbocycles. The van der Waals surface area contributed by atoms with E-state index in [0.29, 0.717) is 19.0 Å². The second-order valence-corrected chi connectivity index (χ2v) is 6.29. The highest BCUT2D eigenvalue weighted by molar-refractivity contribution is 6.19. The number of nitrogens with zero attached hydrogens (tertiary/aromatic N) is 1. The first-order valence-electron chi connectivity index (χ1n) is 7.31. The van der Waals surface area contributed by atoms with Gasteiger partial charge < -0.3 is 4.90 Å². The molecule has 0 radical (unpaired) electrons. The molecule has 0 aliphatic rings. The summed E-state index contributed by atoms with van der Waals surface area (Å²) >= 11 is 5.92. The molecule has 2 aromatic rings. The summed E-state index contributed by atoms with van der Waals surface area (Å²) in [7, 11) is 0. The van der Waals surface area contributed by atoms with Gasteiger partial charge in [-0.05, 0) is 43.2 Å². The third-order valence-corrected chi connectivity index (χ3v) is 4.44. The second-order valence-electron chi connectivity index (χ2n) is 6.02. The van der Waals surface area contributed by atoms with Crippen molar-refractivity contribution in [3.63, 3.8) is 0 Å². The van der Waals surface area contributed by atoms with Gasteiger partial charge in [-0.1, -0.05) is 36.4 Å². The topological polar surface area (TPSA) is 20.3 Å². The third kappa shape index (κ3) is 3.56. The summed E-state index contributed by atoms with van der Waals surface area (Å²) in [6.07, 6.45) is 0. The van der Waals surface area contributed by atoms with Crippen LogP contribution < -0.4 is 0 Å². The Morgan fingerprint density at radius 3 is 2.43 bits per heavy atom. The van der Waals surface area contributed by atoms with Crippen LogP contribution in [0, 0.1) is 5.41 Å². The Morgan fingerprint density at radius 1 is 1.14 bits per heavy atom. The summed E-state index contributed by atoms with van der Waals surface area (Å²) in [4.78, 5) is 14.4. The van der Waals surface area contributed by atoms with Crippen molar-refractivity contribution >= 4 is 28.3 Å². The number of amides is 1. The van der Waals surface area contributed by atoms with Gasteiger partial charge in [0.25, 0.3) is 0 Å². The van der Waals surface area contributed by atoms with Crippen LogP contribution in [0.1, 0.15) is 26.3 Å². The summed E-state index contributed by atoms with van der Waals surface area (Å²) in [6, 6.07) is 14.6. The first kappa shape index (κ1) is 15.8. The normalized spacial score (nSPS) is 11.6. The minimum atomic E-state index is -0.519. The van der Waals surface area contributed by atoms with Crippen molar-refractivity contribution in [3.05, 3.63) is 48.0 Å². The van der Waals surface area contributed by atoms with Gasteiger partial charge in [0, 0.05) is 19.0 Å². The average Bonchev–Trinajstić information content (AvgIpc) is 2.51. The molecule has 21 heavy (non-hydrogen) atoms. The summed E-state index contributed by atoms with van der Waals surface area (Å²) in [6.45, 7) is 7.10. The van der Waals surface area contributed by atoms with E-state index in [1.165, 1.54) is 10.8 Å². The van der Waals surface area contributed by atoms with Crippen molar-refractivity contribution in [1.82, 2.24) is 4.90 Å². The maximum Gasteiger partial charge on any atom is 0.229 e. The van der Waals surface area contributed by atoms with Gasteiger partial charge in [0.05, 0.1) is 5.41 Å². The highest BCUT2D eigenvalue weighted by atomic mass is 35.5. The Balaban J connectivity index is 2.22. The maximum atomic E-state index is 12.5. The first-order valence-corrected chi connectivity index (χ1v) is 7.84. The Bertz CT molecular complexity index is 636. The van der Waals surface area contributed by atoms with Crippen LogP contribution in [0.15, 0.2) is 42.5 Å². The maximum absolute atomic E-state index is 12.5. The number of fused-ring (bicyclic) bond motifs is 1. The molecule has 0 N–H and O–H groups in total. The van der Waals surface area contributed by atoms with Crippen LogP contribution in [0.25, 0.3) is 10.8 Å². The fraction of sp³-hybridized carbons (Fsp3) is 0.389. The molecule has 112 valence electrons. The van der Waals surface area contributed by atoms with Gasteiger partial charge in [-0.2, -0.15) is 0 Å². The molecule has 2 aromatic carbocycles. The number of carbonyl (C=O) groups is 1. The van der Waals surface area contributed by atoms with E-state index < -0.39 is 5.41 Å². The zero-order valence-corrected chi connectivity index (χ0v) is 13.7. The van der Waals surface area contributed by atoms with Crippen LogP contribution in [-0.2, 0) is 11.3 Å². The third-order valence-electron chi connectivity index (χ3n) is 3.77. The predicted octanol–water partition coefficient (Wildman–Crippen LogP) is 4.45. The van der Waals surface area contributed by atoms with Crippen molar-refractivity contribution in [2.75, 3.05) is 12.4 Å². The lowest BCUT2D eigenvalue weighted by Gasteiger charge is -2.30. The Kier molecular flexibility index (Phi) is 4.89. The van der Waals surface area contributed by atoms with E-state index >= 15 is 0 Å². The van der Waals surface area contributed by atoms with Gasteiger partial charge in [-0.25, -0.2) is 0 Å². The number of halogens is 1. The lowest BCUT2D eigenvalue weighted by Crippen LogP contribution is -2.41. The molecule has 2 nitrogen and oxygen atoms in total. The van der Waals surface area contributed by atoms with Gasteiger partial charge in [-0.3, -0.25) is 4.79 Å². The Labute approximate surface area is 131 Å². The van der Waals surface area contributed by atoms with Gasteiger partial charge in [0.15, 0.2) is 0 Å². The van der Waals surface area contributed by atoms with Crippen molar-refractivity contribution in [1.29, 1.82) is 0 Å². The predicted molar refractivity (Wildman–Crippen MR) is 89.5 cm³/mol. The molecule has 0 heterocycles. The summed E-state index contributed by atoms with van der Waals surface area (Å²) in [5.41, 5.74) is 0.628. The molecule has 3 heteroatoms. The SMILES string of the molecule is CCN(Cc1ccc2ccccc2c1)C(=O)C(C)(C)CCl. The van der Waals surface area contributed by atoms with Crippen LogP contribution in [0.2, 0.25) is 0 Å². The largest absolute Gasteiger partial charge is 0.338 e. The van der Waals surface area contributed by atoms with E-state index in [-0.39, 0.29) is 5.91 Å². The Morgan fingerprint density at radius 2 is 1.81 bits per heavy atom. The number of carbonyl (C=O) groups excluding carboxylic acids is 1. The molecule has 0 spiro atoms. The molecule has 0 saturated carbocycles. The fourth-order valence-electron chi connectivity index (χ4n) is 2.37. The van der Waals surface area contributed by atoms with Crippen molar-refractivity contribution in [2.24, 2.45) is 5.41 Å². The van der Waals surface area contributed by atoms with Crippen LogP contribution in [0.4, 0.5) is 0 Å². The van der Waals surface area contributed by atoms with Crippen LogP contribution >= 0.6 is 11.6 Å². The molecule has 0 aromatic heterocycles. The van der Waals surface area contributed by atoms with Crippen LogP contribution in [0.3, 0.4) is 0 Å². The molecular formula is C18H22ClNO. The quantitative estimate of drug-likeness (QED) is 0.747. The fourth-order valence-corrected chi connectivity index (χ4v) is 2.48. The van der Waals surface area contributed by atoms with Gasteiger partial charge in [0.2, 0.25) is 5.91 Å². The lowest BCUT2D eigenvalue weighted by atomic mass is 9.94. The lowest BCUT2D eigenvalue weighted by molar-refractivity contribution is -0.139. The first-order chi connectivity index (χ1) is 9.97. The second kappa shape index (κ2) is 6.48. The molecule has 0 fully saturated rings. The molecule has 0 unspecified atom stereocenters. The van der Waals surface area contributed by atoms with Crippen molar-refractivity contribution in [3.8, 4) is 0 Å². The van der Waals surface area contributed by atoms with E-state index in [4.69, 9.17) is 11.6 Å². The number of alkyl halides is 1. The van der Waals surface area contributed by atoms with Gasteiger partial charge in [-0.15, -0.1) is 11.6 Å². The van der Waals surface area contributed by atoms with Gasteiger partial charge >= 0.3 is 0 Å². The van der Waals surface area contributed by atoms with E-state index in [2.05, 4.69) is 30.3 Å². The molecule has 2 rings (SSSR count). The van der Waals surface area contributed by atoms with Crippen LogP contribution in [-0.4, -0.2) is 23.2 Å². The Hall–Kier alpha value is -1.54. The summed E-state index contributed by atoms with van der Waals surface area (Å²) < 4.78 is 0. The van der Waals surface area contributed by atoms with Crippen molar-refractivity contribution < 1.29 is 4.79 Å². The zero-order chi connectivity index (χ0) is 15.5. The van der Waals surface area contributed by atoms with E-state index in [1.807, 2.05) is 37.8 Å². The van der Waals surface area contributed by atoms with E-state index in [0.717, 1.165) is 5.56 Å². The standard InChI is InChI=1S/C18H22ClNO/c1-4-20(17(21)18(2,3)13-19)12-14-9-10-15-7-5-6-8-16(15)11-14/h5-11H,4,12-13H2,1-3H3. The molecule has 0 saturated heterocycles. The molecule has 1 amide bonds. The van der Waals surface area contributed by atoms with E-state index in [9.17, 15) is 4.79 Å². The average molecular weight is 304 g/mol. The number of rotatable bonds is 5.